The second-order valence-electron chi connectivity index (χ2n) is 3.27. The summed E-state index contributed by atoms with van der Waals surface area (Å²) in [5.41, 5.74) is -0.0854. The van der Waals surface area contributed by atoms with Gasteiger partial charge in [-0.1, -0.05) is 18.2 Å². The Morgan fingerprint density at radius 1 is 1.29 bits per heavy atom. The zero-order valence-corrected chi connectivity index (χ0v) is 10.7. The normalized spacial score (nSPS) is 13.6. The van der Waals surface area contributed by atoms with Crippen molar-refractivity contribution < 1.29 is 23.1 Å². The third-order valence-electron chi connectivity index (χ3n) is 2.10. The van der Waals surface area contributed by atoms with Crippen LogP contribution in [0.25, 0.3) is 0 Å². The van der Waals surface area contributed by atoms with Gasteiger partial charge in [0.05, 0.1) is 13.2 Å². The molecule has 0 aliphatic heterocycles. The number of aliphatic hydroxyl groups is 1. The lowest BCUT2D eigenvalue weighted by molar-refractivity contribution is 0.148. The van der Waals surface area contributed by atoms with Crippen LogP contribution in [-0.4, -0.2) is 18.3 Å². The molecule has 0 saturated heterocycles. The Hall–Kier alpha value is -0.740. The van der Waals surface area contributed by atoms with E-state index < -0.39 is 19.3 Å². The molecule has 0 saturated carbocycles. The molecule has 1 aromatic rings. The molecule has 0 heterocycles. The summed E-state index contributed by atoms with van der Waals surface area (Å²) < 4.78 is 35.6. The molecule has 1 rings (SSSR count). The predicted octanol–water partition coefficient (Wildman–Crippen LogP) is 3.08. The van der Waals surface area contributed by atoms with Crippen molar-refractivity contribution in [2.75, 3.05) is 13.2 Å². The predicted molar refractivity (Wildman–Crippen MR) is 62.2 cm³/mol. The van der Waals surface area contributed by atoms with Crippen LogP contribution in [0.3, 0.4) is 0 Å². The summed E-state index contributed by atoms with van der Waals surface area (Å²) in [6.07, 6.45) is 0. The molecule has 1 N–H and O–H groups in total. The SMILES string of the molecule is CCOP(=O)(OCC)C(O)c1ccccc1F. The van der Waals surface area contributed by atoms with Crippen molar-refractivity contribution in [2.24, 2.45) is 0 Å². The van der Waals surface area contributed by atoms with Gasteiger partial charge in [-0.25, -0.2) is 4.39 Å². The molecular weight excluding hydrogens is 246 g/mol. The second kappa shape index (κ2) is 6.26. The molecule has 96 valence electrons. The highest BCUT2D eigenvalue weighted by atomic mass is 31.2. The van der Waals surface area contributed by atoms with Crippen LogP contribution < -0.4 is 0 Å². The Balaban J connectivity index is 3.04. The molecule has 0 bridgehead atoms. The lowest BCUT2D eigenvalue weighted by Gasteiger charge is -2.22. The van der Waals surface area contributed by atoms with Crippen LogP contribution in [0.4, 0.5) is 4.39 Å². The Kier molecular flexibility index (Phi) is 5.28. The Labute approximate surface area is 99.9 Å². The molecule has 0 aromatic heterocycles. The Bertz CT molecular complexity index is 400. The van der Waals surface area contributed by atoms with E-state index in [-0.39, 0.29) is 18.8 Å². The minimum absolute atomic E-state index is 0.0854. The summed E-state index contributed by atoms with van der Waals surface area (Å²) in [7, 11) is -3.74. The first-order valence-corrected chi connectivity index (χ1v) is 6.97. The van der Waals surface area contributed by atoms with Gasteiger partial charge >= 0.3 is 7.60 Å². The highest BCUT2D eigenvalue weighted by molar-refractivity contribution is 7.54. The molecule has 6 heteroatoms. The van der Waals surface area contributed by atoms with Crippen molar-refractivity contribution in [1.82, 2.24) is 0 Å². The van der Waals surface area contributed by atoms with Crippen LogP contribution in [0.5, 0.6) is 0 Å². The smallest absolute Gasteiger partial charge is 0.363 e. The molecule has 0 amide bonds. The summed E-state index contributed by atoms with van der Waals surface area (Å²) in [5, 5.41) is 9.93. The van der Waals surface area contributed by atoms with Crippen molar-refractivity contribution >= 4 is 7.60 Å². The van der Waals surface area contributed by atoms with E-state index >= 15 is 0 Å². The highest BCUT2D eigenvalue weighted by Gasteiger charge is 2.36. The lowest BCUT2D eigenvalue weighted by atomic mass is 10.2. The van der Waals surface area contributed by atoms with E-state index in [0.717, 1.165) is 0 Å². The van der Waals surface area contributed by atoms with Gasteiger partial charge in [-0.3, -0.25) is 4.57 Å². The molecule has 1 atom stereocenters. The lowest BCUT2D eigenvalue weighted by Crippen LogP contribution is -2.07. The molecule has 0 spiro atoms. The van der Waals surface area contributed by atoms with Crippen molar-refractivity contribution in [3.05, 3.63) is 35.6 Å². The number of halogens is 1. The fourth-order valence-corrected chi connectivity index (χ4v) is 3.02. The molecule has 1 aromatic carbocycles. The van der Waals surface area contributed by atoms with Gasteiger partial charge in [-0.05, 0) is 19.9 Å². The summed E-state index contributed by atoms with van der Waals surface area (Å²) in [5.74, 6) is -2.25. The van der Waals surface area contributed by atoms with Gasteiger partial charge in [0.1, 0.15) is 5.82 Å². The molecule has 1 unspecified atom stereocenters. The zero-order valence-electron chi connectivity index (χ0n) is 9.80. The first kappa shape index (κ1) is 14.3. The maximum absolute atomic E-state index is 13.5. The summed E-state index contributed by atoms with van der Waals surface area (Å²) in [6.45, 7) is 3.48. The third-order valence-corrected chi connectivity index (χ3v) is 4.21. The van der Waals surface area contributed by atoms with Crippen molar-refractivity contribution in [3.63, 3.8) is 0 Å². The topological polar surface area (TPSA) is 55.8 Å². The van der Waals surface area contributed by atoms with Crippen LogP contribution in [0.15, 0.2) is 24.3 Å². The van der Waals surface area contributed by atoms with E-state index in [2.05, 4.69) is 0 Å². The van der Waals surface area contributed by atoms with Gasteiger partial charge in [0.2, 0.25) is 0 Å². The van der Waals surface area contributed by atoms with Gasteiger partial charge in [0.25, 0.3) is 0 Å². The average molecular weight is 262 g/mol. The number of benzene rings is 1. The Morgan fingerprint density at radius 3 is 2.29 bits per heavy atom. The highest BCUT2D eigenvalue weighted by Crippen LogP contribution is 2.59. The Morgan fingerprint density at radius 2 is 1.82 bits per heavy atom. The summed E-state index contributed by atoms with van der Waals surface area (Å²) in [6, 6.07) is 5.56. The van der Waals surface area contributed by atoms with E-state index in [4.69, 9.17) is 9.05 Å². The molecule has 4 nitrogen and oxygen atoms in total. The second-order valence-corrected chi connectivity index (χ2v) is 5.36. The quantitative estimate of drug-likeness (QED) is 0.800. The number of hydrogen-bond acceptors (Lipinski definition) is 4. The van der Waals surface area contributed by atoms with Crippen molar-refractivity contribution in [3.8, 4) is 0 Å². The molecule has 0 aliphatic carbocycles. The molecule has 0 fully saturated rings. The van der Waals surface area contributed by atoms with Gasteiger partial charge in [-0.15, -0.1) is 0 Å². The van der Waals surface area contributed by atoms with Crippen molar-refractivity contribution in [1.29, 1.82) is 0 Å². The first-order chi connectivity index (χ1) is 8.05. The van der Waals surface area contributed by atoms with Crippen LogP contribution in [0, 0.1) is 5.82 Å². The maximum atomic E-state index is 13.5. The number of hydrogen-bond donors (Lipinski definition) is 1. The monoisotopic (exact) mass is 262 g/mol. The van der Waals surface area contributed by atoms with E-state index in [1.807, 2.05) is 0 Å². The summed E-state index contributed by atoms with van der Waals surface area (Å²) >= 11 is 0. The average Bonchev–Trinajstić information content (AvgIpc) is 2.29. The standard InChI is InChI=1S/C11H16FO4P/c1-3-15-17(14,16-4-2)11(13)9-7-5-6-8-10(9)12/h5-8,11,13H,3-4H2,1-2H3. The van der Waals surface area contributed by atoms with Crippen LogP contribution in [-0.2, 0) is 13.6 Å². The van der Waals surface area contributed by atoms with E-state index in [0.29, 0.717) is 0 Å². The van der Waals surface area contributed by atoms with Gasteiger partial charge < -0.3 is 14.2 Å². The minimum atomic E-state index is -3.74. The third kappa shape index (κ3) is 3.36. The van der Waals surface area contributed by atoms with Crippen LogP contribution in [0.1, 0.15) is 25.3 Å². The first-order valence-electron chi connectivity index (χ1n) is 5.36. The number of aliphatic hydroxyl groups excluding tert-OH is 1. The van der Waals surface area contributed by atoms with Gasteiger partial charge in [0.15, 0.2) is 5.85 Å². The molecular formula is C11H16FO4P. The van der Waals surface area contributed by atoms with Gasteiger partial charge in [0, 0.05) is 5.56 Å². The fraction of sp³-hybridized carbons (Fsp3) is 0.455. The van der Waals surface area contributed by atoms with Crippen molar-refractivity contribution in [2.45, 2.75) is 19.7 Å². The fourth-order valence-electron chi connectivity index (χ4n) is 1.39. The summed E-state index contributed by atoms with van der Waals surface area (Å²) in [4.78, 5) is 0. The number of rotatable bonds is 6. The largest absolute Gasteiger partial charge is 0.376 e. The van der Waals surface area contributed by atoms with Gasteiger partial charge in [-0.2, -0.15) is 0 Å². The van der Waals surface area contributed by atoms with E-state index in [1.54, 1.807) is 19.9 Å². The molecule has 17 heavy (non-hydrogen) atoms. The van der Waals surface area contributed by atoms with E-state index in [1.165, 1.54) is 18.2 Å². The van der Waals surface area contributed by atoms with Crippen LogP contribution in [0.2, 0.25) is 0 Å². The maximum Gasteiger partial charge on any atom is 0.363 e. The minimum Gasteiger partial charge on any atom is -0.376 e. The van der Waals surface area contributed by atoms with E-state index in [9.17, 15) is 14.1 Å². The molecule has 0 radical (unpaired) electrons. The van der Waals surface area contributed by atoms with Crippen LogP contribution >= 0.6 is 7.60 Å². The molecule has 0 aliphatic rings. The zero-order chi connectivity index (χ0) is 12.9.